The van der Waals surface area contributed by atoms with E-state index in [1.165, 1.54) is 56.7 Å². The summed E-state index contributed by atoms with van der Waals surface area (Å²) in [7, 11) is 0. The average Bonchev–Trinajstić information content (AvgIpc) is 2.92. The molecule has 0 spiro atoms. The topological polar surface area (TPSA) is 46.0 Å². The van der Waals surface area contributed by atoms with E-state index < -0.39 is 0 Å². The third kappa shape index (κ3) is 3.83. The van der Waals surface area contributed by atoms with Crippen LogP contribution >= 0.6 is 0 Å². The van der Waals surface area contributed by atoms with E-state index in [0.717, 1.165) is 32.6 Å². The van der Waals surface area contributed by atoms with Gasteiger partial charge >= 0.3 is 0 Å². The number of nitrogens with zero attached hydrogens (tertiary/aromatic N) is 4. The Bertz CT molecular complexity index is 436. The fraction of sp³-hybridized carbons (Fsp3) is 0.875. The molecule has 0 amide bonds. The zero-order valence-corrected chi connectivity index (χ0v) is 13.4. The van der Waals surface area contributed by atoms with Gasteiger partial charge in [-0.1, -0.05) is 13.3 Å². The first-order valence-electron chi connectivity index (χ1n) is 8.73. The normalized spacial score (nSPS) is 22.5. The van der Waals surface area contributed by atoms with Crippen LogP contribution in [0.2, 0.25) is 0 Å². The van der Waals surface area contributed by atoms with Gasteiger partial charge in [-0.3, -0.25) is 4.90 Å². The van der Waals surface area contributed by atoms with Crippen molar-refractivity contribution in [2.75, 3.05) is 19.6 Å². The lowest BCUT2D eigenvalue weighted by molar-refractivity contribution is 0.209. The van der Waals surface area contributed by atoms with Crippen LogP contribution in [0.4, 0.5) is 0 Å². The molecule has 0 aromatic carbocycles. The number of rotatable bonds is 6. The molecule has 5 heteroatoms. The van der Waals surface area contributed by atoms with Crippen molar-refractivity contribution in [1.82, 2.24) is 25.0 Å². The Balaban J connectivity index is 1.62. The van der Waals surface area contributed by atoms with Gasteiger partial charge < -0.3 is 9.88 Å². The van der Waals surface area contributed by atoms with Crippen molar-refractivity contribution < 1.29 is 0 Å². The molecule has 1 fully saturated rings. The molecule has 1 atom stereocenters. The van der Waals surface area contributed by atoms with Crippen molar-refractivity contribution in [1.29, 1.82) is 0 Å². The van der Waals surface area contributed by atoms with E-state index in [1.807, 2.05) is 0 Å². The molecule has 1 aromatic heterocycles. The van der Waals surface area contributed by atoms with Gasteiger partial charge in [0, 0.05) is 25.6 Å². The molecule has 21 heavy (non-hydrogen) atoms. The number of piperidine rings is 1. The lowest BCUT2D eigenvalue weighted by Gasteiger charge is -2.30. The van der Waals surface area contributed by atoms with Gasteiger partial charge in [-0.2, -0.15) is 0 Å². The molecule has 0 radical (unpaired) electrons. The van der Waals surface area contributed by atoms with E-state index in [0.29, 0.717) is 6.04 Å². The standard InChI is InChI=1S/C16H29N5/c1-2-10-20(12-14-7-3-5-9-17-14)13-16-19-18-15-8-4-6-11-21(15)16/h14,17H,2-13H2,1H3. The van der Waals surface area contributed by atoms with E-state index >= 15 is 0 Å². The van der Waals surface area contributed by atoms with Crippen molar-refractivity contribution >= 4 is 0 Å². The maximum absolute atomic E-state index is 4.46. The summed E-state index contributed by atoms with van der Waals surface area (Å²) in [5, 5.41) is 12.5. The Kier molecular flexibility index (Phi) is 5.25. The van der Waals surface area contributed by atoms with E-state index in [4.69, 9.17) is 0 Å². The van der Waals surface area contributed by atoms with Crippen molar-refractivity contribution in [3.63, 3.8) is 0 Å². The van der Waals surface area contributed by atoms with Gasteiger partial charge in [-0.25, -0.2) is 0 Å². The van der Waals surface area contributed by atoms with Crippen LogP contribution in [0.25, 0.3) is 0 Å². The van der Waals surface area contributed by atoms with Gasteiger partial charge in [0.25, 0.3) is 0 Å². The molecule has 118 valence electrons. The fourth-order valence-corrected chi connectivity index (χ4v) is 3.63. The smallest absolute Gasteiger partial charge is 0.147 e. The number of hydrogen-bond donors (Lipinski definition) is 1. The van der Waals surface area contributed by atoms with Crippen LogP contribution < -0.4 is 5.32 Å². The van der Waals surface area contributed by atoms with Crippen LogP contribution in [0.1, 0.15) is 57.1 Å². The average molecular weight is 291 g/mol. The first-order valence-corrected chi connectivity index (χ1v) is 8.73. The van der Waals surface area contributed by atoms with Gasteiger partial charge in [0.2, 0.25) is 0 Å². The monoisotopic (exact) mass is 291 g/mol. The first kappa shape index (κ1) is 15.0. The van der Waals surface area contributed by atoms with Crippen LogP contribution in [0.15, 0.2) is 0 Å². The molecule has 3 heterocycles. The lowest BCUT2D eigenvalue weighted by atomic mass is 10.0. The number of aromatic nitrogens is 3. The number of aryl methyl sites for hydroxylation is 1. The van der Waals surface area contributed by atoms with Gasteiger partial charge in [0.1, 0.15) is 11.6 Å². The summed E-state index contributed by atoms with van der Waals surface area (Å²) in [6.07, 6.45) is 8.87. The minimum Gasteiger partial charge on any atom is -0.314 e. The van der Waals surface area contributed by atoms with Crippen LogP contribution in [-0.4, -0.2) is 45.3 Å². The largest absolute Gasteiger partial charge is 0.314 e. The summed E-state index contributed by atoms with van der Waals surface area (Å²) >= 11 is 0. The minimum absolute atomic E-state index is 0.661. The highest BCUT2D eigenvalue weighted by Crippen LogP contribution is 2.16. The summed E-state index contributed by atoms with van der Waals surface area (Å²) < 4.78 is 2.36. The van der Waals surface area contributed by atoms with Crippen LogP contribution in [0, 0.1) is 0 Å². The maximum atomic E-state index is 4.46. The zero-order chi connectivity index (χ0) is 14.5. The molecule has 0 aliphatic carbocycles. The maximum Gasteiger partial charge on any atom is 0.147 e. The Hall–Kier alpha value is -0.940. The molecule has 5 nitrogen and oxygen atoms in total. The quantitative estimate of drug-likeness (QED) is 0.870. The Morgan fingerprint density at radius 1 is 1.24 bits per heavy atom. The number of hydrogen-bond acceptors (Lipinski definition) is 4. The Morgan fingerprint density at radius 2 is 2.19 bits per heavy atom. The number of fused-ring (bicyclic) bond motifs is 1. The minimum atomic E-state index is 0.661. The summed E-state index contributed by atoms with van der Waals surface area (Å²) in [4.78, 5) is 2.56. The van der Waals surface area contributed by atoms with Crippen LogP contribution in [0.5, 0.6) is 0 Å². The zero-order valence-electron chi connectivity index (χ0n) is 13.4. The van der Waals surface area contributed by atoms with Crippen molar-refractivity contribution in [3.05, 3.63) is 11.6 Å². The van der Waals surface area contributed by atoms with Gasteiger partial charge in [0.05, 0.1) is 6.54 Å². The molecular formula is C16H29N5. The van der Waals surface area contributed by atoms with Crippen molar-refractivity contribution in [2.24, 2.45) is 0 Å². The molecule has 2 aliphatic rings. The Labute approximate surface area is 128 Å². The summed E-state index contributed by atoms with van der Waals surface area (Å²) in [5.41, 5.74) is 0. The predicted octanol–water partition coefficient (Wildman–Crippen LogP) is 1.97. The lowest BCUT2D eigenvalue weighted by Crippen LogP contribution is -2.44. The SMILES string of the molecule is CCCN(Cc1nnc2n1CCCC2)CC1CCCCN1. The molecule has 2 aliphatic heterocycles. The van der Waals surface area contributed by atoms with Crippen LogP contribution in [0.3, 0.4) is 0 Å². The third-order valence-electron chi connectivity index (χ3n) is 4.73. The van der Waals surface area contributed by atoms with Crippen molar-refractivity contribution in [3.8, 4) is 0 Å². The summed E-state index contributed by atoms with van der Waals surface area (Å²) in [6.45, 7) is 7.82. The van der Waals surface area contributed by atoms with E-state index in [1.54, 1.807) is 0 Å². The summed E-state index contributed by atoms with van der Waals surface area (Å²) in [5.74, 6) is 2.37. The molecule has 1 saturated heterocycles. The highest BCUT2D eigenvalue weighted by molar-refractivity contribution is 4.99. The highest BCUT2D eigenvalue weighted by atomic mass is 15.3. The molecule has 1 aromatic rings. The molecule has 0 bridgehead atoms. The fourth-order valence-electron chi connectivity index (χ4n) is 3.63. The number of nitrogens with one attached hydrogen (secondary N) is 1. The van der Waals surface area contributed by atoms with Crippen LogP contribution in [-0.2, 0) is 19.5 Å². The molecular weight excluding hydrogens is 262 g/mol. The molecule has 3 rings (SSSR count). The third-order valence-corrected chi connectivity index (χ3v) is 4.73. The van der Waals surface area contributed by atoms with Crippen molar-refractivity contribution in [2.45, 2.75) is 71.0 Å². The first-order chi connectivity index (χ1) is 10.4. The van der Waals surface area contributed by atoms with Gasteiger partial charge in [-0.15, -0.1) is 10.2 Å². The second-order valence-corrected chi connectivity index (χ2v) is 6.52. The van der Waals surface area contributed by atoms with E-state index in [9.17, 15) is 0 Å². The van der Waals surface area contributed by atoms with E-state index in [-0.39, 0.29) is 0 Å². The van der Waals surface area contributed by atoms with Gasteiger partial charge in [-0.05, 0) is 45.2 Å². The second-order valence-electron chi connectivity index (χ2n) is 6.52. The van der Waals surface area contributed by atoms with E-state index in [2.05, 4.69) is 31.9 Å². The molecule has 1 unspecified atom stereocenters. The van der Waals surface area contributed by atoms with Gasteiger partial charge in [0.15, 0.2) is 0 Å². The highest BCUT2D eigenvalue weighted by Gasteiger charge is 2.20. The second kappa shape index (κ2) is 7.36. The molecule has 1 N–H and O–H groups in total. The molecule has 0 saturated carbocycles. The Morgan fingerprint density at radius 3 is 3.00 bits per heavy atom. The predicted molar refractivity (Wildman–Crippen MR) is 84.2 cm³/mol. The summed E-state index contributed by atoms with van der Waals surface area (Å²) in [6, 6.07) is 0.661.